The van der Waals surface area contributed by atoms with Gasteiger partial charge in [0.15, 0.2) is 6.10 Å². The predicted octanol–water partition coefficient (Wildman–Crippen LogP) is 2.52. The standard InChI is InChI=1S/C17H17N3O5/c1-12(25-15-8-6-14(7-9-15)20(22)23)17(21)19-18-11-13-4-3-5-16(10-13)24-2/h3-12H,1-2H3,(H,19,21). The minimum atomic E-state index is -0.816. The van der Waals surface area contributed by atoms with Crippen LogP contribution in [0.15, 0.2) is 53.6 Å². The number of amides is 1. The van der Waals surface area contributed by atoms with Crippen LogP contribution in [0.3, 0.4) is 0 Å². The molecule has 0 fully saturated rings. The molecule has 2 rings (SSSR count). The minimum Gasteiger partial charge on any atom is -0.497 e. The lowest BCUT2D eigenvalue weighted by atomic mass is 10.2. The number of rotatable bonds is 7. The molecule has 0 bridgehead atoms. The molecule has 1 amide bonds. The van der Waals surface area contributed by atoms with Crippen molar-refractivity contribution in [1.82, 2.24) is 5.43 Å². The first-order valence-corrected chi connectivity index (χ1v) is 7.37. The summed E-state index contributed by atoms with van der Waals surface area (Å²) in [5.41, 5.74) is 3.09. The highest BCUT2D eigenvalue weighted by Crippen LogP contribution is 2.18. The van der Waals surface area contributed by atoms with E-state index in [0.717, 1.165) is 5.56 Å². The van der Waals surface area contributed by atoms with Crippen molar-refractivity contribution in [2.45, 2.75) is 13.0 Å². The highest BCUT2D eigenvalue weighted by molar-refractivity contribution is 5.84. The van der Waals surface area contributed by atoms with Crippen molar-refractivity contribution < 1.29 is 19.2 Å². The predicted molar refractivity (Wildman–Crippen MR) is 91.9 cm³/mol. The largest absolute Gasteiger partial charge is 0.497 e. The van der Waals surface area contributed by atoms with E-state index in [1.54, 1.807) is 26.2 Å². The van der Waals surface area contributed by atoms with Crippen molar-refractivity contribution >= 4 is 17.8 Å². The number of ether oxygens (including phenoxy) is 2. The number of non-ortho nitro benzene ring substituents is 1. The number of nitrogens with one attached hydrogen (secondary N) is 1. The van der Waals surface area contributed by atoms with Crippen LogP contribution in [0.2, 0.25) is 0 Å². The zero-order chi connectivity index (χ0) is 18.2. The van der Waals surface area contributed by atoms with Crippen LogP contribution >= 0.6 is 0 Å². The topological polar surface area (TPSA) is 103 Å². The summed E-state index contributed by atoms with van der Waals surface area (Å²) in [5.74, 6) is 0.590. The quantitative estimate of drug-likeness (QED) is 0.473. The second kappa shape index (κ2) is 8.44. The summed E-state index contributed by atoms with van der Waals surface area (Å²) in [6.07, 6.45) is 0.669. The summed E-state index contributed by atoms with van der Waals surface area (Å²) in [5, 5.41) is 14.5. The number of benzene rings is 2. The molecule has 0 saturated heterocycles. The Kier molecular flexibility index (Phi) is 6.05. The molecule has 8 nitrogen and oxygen atoms in total. The van der Waals surface area contributed by atoms with E-state index in [9.17, 15) is 14.9 Å². The molecule has 130 valence electrons. The van der Waals surface area contributed by atoms with E-state index in [-0.39, 0.29) is 5.69 Å². The normalized spacial score (nSPS) is 11.8. The lowest BCUT2D eigenvalue weighted by Crippen LogP contribution is -2.33. The van der Waals surface area contributed by atoms with E-state index >= 15 is 0 Å². The van der Waals surface area contributed by atoms with Crippen molar-refractivity contribution in [2.24, 2.45) is 5.10 Å². The third-order valence-corrected chi connectivity index (χ3v) is 3.21. The summed E-state index contributed by atoms with van der Waals surface area (Å²) in [6, 6.07) is 12.7. The fraction of sp³-hybridized carbons (Fsp3) is 0.176. The molecule has 2 aromatic rings. The van der Waals surface area contributed by atoms with E-state index < -0.39 is 16.9 Å². The van der Waals surface area contributed by atoms with Crippen LogP contribution in [0.1, 0.15) is 12.5 Å². The van der Waals surface area contributed by atoms with Gasteiger partial charge in [0.2, 0.25) is 0 Å². The maximum absolute atomic E-state index is 12.0. The third-order valence-electron chi connectivity index (χ3n) is 3.21. The molecule has 0 radical (unpaired) electrons. The highest BCUT2D eigenvalue weighted by Gasteiger charge is 2.14. The van der Waals surface area contributed by atoms with Gasteiger partial charge in [0.25, 0.3) is 11.6 Å². The van der Waals surface area contributed by atoms with Crippen molar-refractivity contribution in [2.75, 3.05) is 7.11 Å². The molecule has 0 aliphatic carbocycles. The second-order valence-electron chi connectivity index (χ2n) is 5.02. The van der Waals surface area contributed by atoms with Crippen LogP contribution < -0.4 is 14.9 Å². The van der Waals surface area contributed by atoms with E-state index in [1.165, 1.54) is 30.5 Å². The second-order valence-corrected chi connectivity index (χ2v) is 5.02. The Morgan fingerprint density at radius 1 is 1.24 bits per heavy atom. The Labute approximate surface area is 144 Å². The summed E-state index contributed by atoms with van der Waals surface area (Å²) < 4.78 is 10.5. The molecule has 8 heteroatoms. The molecule has 1 unspecified atom stereocenters. The zero-order valence-electron chi connectivity index (χ0n) is 13.7. The number of nitrogens with zero attached hydrogens (tertiary/aromatic N) is 2. The SMILES string of the molecule is COc1cccc(C=NNC(=O)C(C)Oc2ccc([N+](=O)[O-])cc2)c1. The Bertz CT molecular complexity index is 774. The average Bonchev–Trinajstić information content (AvgIpc) is 2.62. The van der Waals surface area contributed by atoms with Gasteiger partial charge < -0.3 is 9.47 Å². The van der Waals surface area contributed by atoms with Crippen molar-refractivity contribution in [3.05, 3.63) is 64.2 Å². The van der Waals surface area contributed by atoms with Crippen LogP contribution in [0.25, 0.3) is 0 Å². The Hall–Kier alpha value is -3.42. The van der Waals surface area contributed by atoms with Gasteiger partial charge in [0, 0.05) is 12.1 Å². The number of hydrazone groups is 1. The molecule has 0 saturated carbocycles. The molecule has 0 aliphatic rings. The van der Waals surface area contributed by atoms with E-state index in [2.05, 4.69) is 10.5 Å². The van der Waals surface area contributed by atoms with Crippen LogP contribution in [0.4, 0.5) is 5.69 Å². The van der Waals surface area contributed by atoms with Gasteiger partial charge in [-0.3, -0.25) is 14.9 Å². The molecule has 2 aromatic carbocycles. The molecule has 0 aromatic heterocycles. The van der Waals surface area contributed by atoms with Gasteiger partial charge in [-0.2, -0.15) is 5.10 Å². The minimum absolute atomic E-state index is 0.0488. The van der Waals surface area contributed by atoms with Crippen LogP contribution in [0, 0.1) is 10.1 Å². The van der Waals surface area contributed by atoms with Gasteiger partial charge in [-0.25, -0.2) is 5.43 Å². The van der Waals surface area contributed by atoms with Gasteiger partial charge in [-0.05, 0) is 36.8 Å². The number of carbonyl (C=O) groups excluding carboxylic acids is 1. The lowest BCUT2D eigenvalue weighted by molar-refractivity contribution is -0.384. The smallest absolute Gasteiger partial charge is 0.280 e. The molecular weight excluding hydrogens is 326 g/mol. The molecule has 1 atom stereocenters. The molecular formula is C17H17N3O5. The first kappa shape index (κ1) is 17.9. The third kappa shape index (κ3) is 5.31. The van der Waals surface area contributed by atoms with E-state index in [4.69, 9.17) is 9.47 Å². The van der Waals surface area contributed by atoms with E-state index in [0.29, 0.717) is 11.5 Å². The number of nitro groups is 1. The number of nitro benzene ring substituents is 1. The summed E-state index contributed by atoms with van der Waals surface area (Å²) in [6.45, 7) is 1.55. The first-order chi connectivity index (χ1) is 12.0. The summed E-state index contributed by atoms with van der Waals surface area (Å²) >= 11 is 0. The molecule has 0 aliphatic heterocycles. The van der Waals surface area contributed by atoms with Gasteiger partial charge in [0.1, 0.15) is 11.5 Å². The fourth-order valence-electron chi connectivity index (χ4n) is 1.89. The fourth-order valence-corrected chi connectivity index (χ4v) is 1.89. The summed E-state index contributed by atoms with van der Waals surface area (Å²) in [7, 11) is 1.56. The van der Waals surface area contributed by atoms with Gasteiger partial charge in [-0.15, -0.1) is 0 Å². The van der Waals surface area contributed by atoms with Crippen molar-refractivity contribution in [3.63, 3.8) is 0 Å². The number of hydrogen-bond donors (Lipinski definition) is 1. The zero-order valence-corrected chi connectivity index (χ0v) is 13.7. The highest BCUT2D eigenvalue weighted by atomic mass is 16.6. The maximum atomic E-state index is 12.0. The first-order valence-electron chi connectivity index (χ1n) is 7.37. The number of methoxy groups -OCH3 is 1. The van der Waals surface area contributed by atoms with Gasteiger partial charge in [-0.1, -0.05) is 12.1 Å². The number of hydrogen-bond acceptors (Lipinski definition) is 6. The van der Waals surface area contributed by atoms with Crippen molar-refractivity contribution in [1.29, 1.82) is 0 Å². The van der Waals surface area contributed by atoms with Crippen LogP contribution in [0.5, 0.6) is 11.5 Å². The van der Waals surface area contributed by atoms with E-state index in [1.807, 2.05) is 12.1 Å². The molecule has 25 heavy (non-hydrogen) atoms. The van der Waals surface area contributed by atoms with Gasteiger partial charge in [0.05, 0.1) is 18.2 Å². The maximum Gasteiger partial charge on any atom is 0.280 e. The van der Waals surface area contributed by atoms with Crippen molar-refractivity contribution in [3.8, 4) is 11.5 Å². The molecule has 1 N–H and O–H groups in total. The number of carbonyl (C=O) groups is 1. The molecule has 0 spiro atoms. The monoisotopic (exact) mass is 343 g/mol. The lowest BCUT2D eigenvalue weighted by Gasteiger charge is -2.12. The summed E-state index contributed by atoms with van der Waals surface area (Å²) in [4.78, 5) is 22.0. The Morgan fingerprint density at radius 3 is 2.60 bits per heavy atom. The van der Waals surface area contributed by atoms with Gasteiger partial charge >= 0.3 is 0 Å². The molecule has 0 heterocycles. The van der Waals surface area contributed by atoms with Crippen LogP contribution in [-0.2, 0) is 4.79 Å². The average molecular weight is 343 g/mol. The van der Waals surface area contributed by atoms with Crippen LogP contribution in [-0.4, -0.2) is 30.3 Å². The Morgan fingerprint density at radius 2 is 1.96 bits per heavy atom. The Balaban J connectivity index is 1.89.